The van der Waals surface area contributed by atoms with Gasteiger partial charge in [0.1, 0.15) is 11.7 Å². The quantitative estimate of drug-likeness (QED) is 0.333. The van der Waals surface area contributed by atoms with Gasteiger partial charge >= 0.3 is 6.18 Å². The van der Waals surface area contributed by atoms with Crippen molar-refractivity contribution < 1.29 is 18.0 Å². The number of alkyl halides is 3. The molecule has 7 rings (SSSR count). The van der Waals surface area contributed by atoms with Gasteiger partial charge in [0, 0.05) is 43.8 Å². The minimum absolute atomic E-state index is 0.0136. The molecule has 1 amide bonds. The van der Waals surface area contributed by atoms with E-state index >= 15 is 0 Å². The van der Waals surface area contributed by atoms with Crippen LogP contribution in [-0.4, -0.2) is 59.9 Å². The van der Waals surface area contributed by atoms with Crippen LogP contribution in [-0.2, 0) is 11.0 Å². The summed E-state index contributed by atoms with van der Waals surface area (Å²) in [6, 6.07) is 2.73. The van der Waals surface area contributed by atoms with E-state index in [1.54, 1.807) is 0 Å². The van der Waals surface area contributed by atoms with Crippen molar-refractivity contribution in [3.05, 3.63) is 23.9 Å². The average Bonchev–Trinajstić information content (AvgIpc) is 3.71. The van der Waals surface area contributed by atoms with Crippen molar-refractivity contribution in [1.82, 2.24) is 15.2 Å². The van der Waals surface area contributed by atoms with Crippen LogP contribution in [0.3, 0.4) is 0 Å². The van der Waals surface area contributed by atoms with Crippen molar-refractivity contribution in [1.29, 1.82) is 5.26 Å². The largest absolute Gasteiger partial charge is 0.417 e. The molecular weight excluding hydrogens is 495 g/mol. The molecule has 0 radical (unpaired) electrons. The van der Waals surface area contributed by atoms with Gasteiger partial charge in [0.05, 0.1) is 11.6 Å². The number of aromatic nitrogens is 1. The summed E-state index contributed by atoms with van der Waals surface area (Å²) in [5.41, 5.74) is 4.76. The van der Waals surface area contributed by atoms with Crippen molar-refractivity contribution in [3.8, 4) is 6.19 Å². The highest BCUT2D eigenvalue weighted by molar-refractivity contribution is 5.89. The van der Waals surface area contributed by atoms with E-state index in [2.05, 4.69) is 20.2 Å². The number of aliphatic imine (C=N–C) groups is 1. The number of pyridine rings is 1. The van der Waals surface area contributed by atoms with E-state index in [9.17, 15) is 23.2 Å². The highest BCUT2D eigenvalue weighted by Gasteiger charge is 2.58. The molecule has 3 unspecified atom stereocenters. The van der Waals surface area contributed by atoms with Gasteiger partial charge in [-0.25, -0.2) is 4.98 Å². The summed E-state index contributed by atoms with van der Waals surface area (Å²) in [5.74, 6) is 2.83. The molecule has 6 aliphatic rings. The number of nitriles is 1. The van der Waals surface area contributed by atoms with Gasteiger partial charge in [0.25, 0.3) is 0 Å². The molecule has 1 aliphatic heterocycles. The summed E-state index contributed by atoms with van der Waals surface area (Å²) in [7, 11) is 0. The van der Waals surface area contributed by atoms with Crippen LogP contribution in [0.4, 0.5) is 19.0 Å². The van der Waals surface area contributed by atoms with Crippen LogP contribution in [0.15, 0.2) is 23.3 Å². The Morgan fingerprint density at radius 1 is 1.16 bits per heavy atom. The Bertz CT molecular complexity index is 1120. The maximum atomic E-state index is 12.9. The highest BCUT2D eigenvalue weighted by atomic mass is 19.4. The van der Waals surface area contributed by atoms with Gasteiger partial charge in [-0.05, 0) is 80.8 Å². The van der Waals surface area contributed by atoms with Gasteiger partial charge in [-0.15, -0.1) is 0 Å². The number of piperazine rings is 1. The zero-order valence-electron chi connectivity index (χ0n) is 21.3. The number of hydrogen-bond acceptors (Lipinski definition) is 6. The summed E-state index contributed by atoms with van der Waals surface area (Å²) < 4.78 is 38.8. The summed E-state index contributed by atoms with van der Waals surface area (Å²) >= 11 is 0. The van der Waals surface area contributed by atoms with Gasteiger partial charge in [-0.1, -0.05) is 0 Å². The number of carbonyl (C=O) groups is 1. The van der Waals surface area contributed by atoms with Crippen LogP contribution in [0, 0.1) is 40.5 Å². The standard InChI is InChI=1S/C27H34F3N7O/c28-27(29,30)20-3-4-21(33-14-20)36-5-7-37(8-6-36)23(17-1-2-17)24(34-15-31)35-22-18-9-16-10-19(22)13-26(11-16,12-18)25(32)38/h3-4,14,16-19,22-23H,1-2,5-13H2,(H2,32,38)(H,34,35). The van der Waals surface area contributed by atoms with Crippen molar-refractivity contribution in [2.75, 3.05) is 31.1 Å². The van der Waals surface area contributed by atoms with Crippen LogP contribution in [0.5, 0.6) is 0 Å². The zero-order chi connectivity index (χ0) is 26.7. The van der Waals surface area contributed by atoms with E-state index < -0.39 is 11.7 Å². The number of hydrogen-bond donors (Lipinski definition) is 2. The predicted molar refractivity (Wildman–Crippen MR) is 135 cm³/mol. The van der Waals surface area contributed by atoms with Gasteiger partial charge < -0.3 is 16.0 Å². The molecule has 4 bridgehead atoms. The molecule has 1 saturated heterocycles. The molecule has 1 aromatic heterocycles. The SMILES string of the molecule is N#C/N=C(/NC1C2CC3CC1CC(C(N)=O)(C3)C2)C(C1CC1)N1CCN(c2ccc(C(F)(F)F)cn2)CC1. The Morgan fingerprint density at radius 2 is 1.84 bits per heavy atom. The maximum absolute atomic E-state index is 12.9. The second kappa shape index (κ2) is 9.40. The molecule has 38 heavy (non-hydrogen) atoms. The molecule has 2 heterocycles. The Labute approximate surface area is 220 Å². The maximum Gasteiger partial charge on any atom is 0.417 e. The van der Waals surface area contributed by atoms with E-state index in [0.29, 0.717) is 55.7 Å². The fraction of sp³-hybridized carbons (Fsp3) is 0.704. The average molecular weight is 530 g/mol. The van der Waals surface area contributed by atoms with E-state index in [4.69, 9.17) is 5.73 Å². The van der Waals surface area contributed by atoms with Crippen LogP contribution < -0.4 is 16.0 Å². The lowest BCUT2D eigenvalue weighted by molar-refractivity contribution is -0.145. The number of nitrogens with one attached hydrogen (secondary N) is 1. The molecule has 3 atom stereocenters. The lowest BCUT2D eigenvalue weighted by Crippen LogP contribution is -2.64. The summed E-state index contributed by atoms with van der Waals surface area (Å²) in [6.07, 6.45) is 5.44. The second-order valence-electron chi connectivity index (χ2n) is 12.1. The van der Waals surface area contributed by atoms with Crippen LogP contribution in [0.25, 0.3) is 0 Å². The molecule has 8 nitrogen and oxygen atoms in total. The topological polar surface area (TPSA) is 111 Å². The number of amides is 1. The molecule has 6 fully saturated rings. The molecular formula is C27H34F3N7O. The van der Waals surface area contributed by atoms with Gasteiger partial charge in [-0.3, -0.25) is 9.69 Å². The summed E-state index contributed by atoms with van der Waals surface area (Å²) in [6.45, 7) is 2.69. The van der Waals surface area contributed by atoms with Crippen molar-refractivity contribution in [3.63, 3.8) is 0 Å². The highest BCUT2D eigenvalue weighted by Crippen LogP contribution is 2.60. The Balaban J connectivity index is 1.14. The van der Waals surface area contributed by atoms with E-state index in [0.717, 1.165) is 63.0 Å². The smallest absolute Gasteiger partial charge is 0.369 e. The minimum atomic E-state index is -4.40. The number of amidine groups is 1. The number of halogens is 3. The fourth-order valence-corrected chi connectivity index (χ4v) is 8.05. The number of nitrogens with two attached hydrogens (primary N) is 1. The fourth-order valence-electron chi connectivity index (χ4n) is 8.05. The molecule has 204 valence electrons. The summed E-state index contributed by atoms with van der Waals surface area (Å²) in [4.78, 5) is 25.1. The number of nitrogens with zero attached hydrogens (tertiary/aromatic N) is 5. The Hall–Kier alpha value is -2.87. The second-order valence-corrected chi connectivity index (χ2v) is 12.1. The third-order valence-electron chi connectivity index (χ3n) is 9.74. The number of primary amides is 1. The molecule has 5 aliphatic carbocycles. The van der Waals surface area contributed by atoms with E-state index in [1.165, 1.54) is 6.07 Å². The number of carbonyl (C=O) groups excluding carboxylic acids is 1. The van der Waals surface area contributed by atoms with Gasteiger partial charge in [0.2, 0.25) is 12.1 Å². The first kappa shape index (κ1) is 25.4. The molecule has 11 heteroatoms. The van der Waals surface area contributed by atoms with Gasteiger partial charge in [0.15, 0.2) is 0 Å². The molecule has 0 spiro atoms. The normalized spacial score (nSPS) is 34.2. The third kappa shape index (κ3) is 4.61. The summed E-state index contributed by atoms with van der Waals surface area (Å²) in [5, 5.41) is 13.3. The predicted octanol–water partition coefficient (Wildman–Crippen LogP) is 3.15. The van der Waals surface area contributed by atoms with Gasteiger partial charge in [-0.2, -0.15) is 23.4 Å². The first-order valence-electron chi connectivity index (χ1n) is 13.7. The third-order valence-corrected chi connectivity index (χ3v) is 9.74. The Kier molecular flexibility index (Phi) is 6.29. The Morgan fingerprint density at radius 3 is 2.37 bits per heavy atom. The minimum Gasteiger partial charge on any atom is -0.369 e. The monoisotopic (exact) mass is 529 g/mol. The first-order chi connectivity index (χ1) is 18.2. The molecule has 1 aromatic rings. The van der Waals surface area contributed by atoms with Crippen molar-refractivity contribution in [2.45, 2.75) is 63.2 Å². The first-order valence-corrected chi connectivity index (χ1v) is 13.7. The van der Waals surface area contributed by atoms with Crippen LogP contribution in [0.2, 0.25) is 0 Å². The number of anilines is 1. The number of rotatable bonds is 6. The lowest BCUT2D eigenvalue weighted by atomic mass is 9.47. The van der Waals surface area contributed by atoms with Crippen molar-refractivity contribution >= 4 is 17.6 Å². The molecule has 3 N–H and O–H groups in total. The molecule has 5 saturated carbocycles. The zero-order valence-corrected chi connectivity index (χ0v) is 21.3. The van der Waals surface area contributed by atoms with E-state index in [1.807, 2.05) is 11.1 Å². The van der Waals surface area contributed by atoms with E-state index in [-0.39, 0.29) is 23.4 Å². The van der Waals surface area contributed by atoms with Crippen molar-refractivity contribution in [2.24, 2.45) is 39.8 Å². The van der Waals surface area contributed by atoms with Crippen LogP contribution >= 0.6 is 0 Å². The lowest BCUT2D eigenvalue weighted by Gasteiger charge is -2.59. The van der Waals surface area contributed by atoms with Crippen LogP contribution in [0.1, 0.15) is 50.5 Å². The molecule has 0 aromatic carbocycles.